The van der Waals surface area contributed by atoms with Crippen LogP contribution in [0.3, 0.4) is 0 Å². The van der Waals surface area contributed by atoms with Crippen LogP contribution in [0.4, 0.5) is 0 Å². The number of hydrogen-bond acceptors (Lipinski definition) is 8. The Hall–Kier alpha value is -4.34. The van der Waals surface area contributed by atoms with Crippen LogP contribution in [0.25, 0.3) is 0 Å². The molecule has 32 heavy (non-hydrogen) atoms. The first kappa shape index (κ1) is 22.3. The minimum Gasteiger partial charge on any atom is -0.484 e. The highest BCUT2D eigenvalue weighted by Gasteiger charge is 2.04. The van der Waals surface area contributed by atoms with Gasteiger partial charge < -0.3 is 18.3 Å². The number of rotatable bonds is 10. The van der Waals surface area contributed by atoms with Crippen LogP contribution in [0, 0.1) is 13.8 Å². The van der Waals surface area contributed by atoms with Gasteiger partial charge in [0.25, 0.3) is 11.8 Å². The summed E-state index contributed by atoms with van der Waals surface area (Å²) in [6.45, 7) is 3.19. The third-order valence-electron chi connectivity index (χ3n) is 3.85. The zero-order valence-corrected chi connectivity index (χ0v) is 17.5. The maximum atomic E-state index is 11.8. The highest BCUT2D eigenvalue weighted by atomic mass is 16.5. The molecule has 0 radical (unpaired) electrons. The van der Waals surface area contributed by atoms with Gasteiger partial charge >= 0.3 is 0 Å². The van der Waals surface area contributed by atoms with Crippen molar-refractivity contribution >= 4 is 24.2 Å². The van der Waals surface area contributed by atoms with Crippen molar-refractivity contribution in [2.75, 3.05) is 13.2 Å². The summed E-state index contributed by atoms with van der Waals surface area (Å²) in [5.41, 5.74) is 4.68. The number of carbonyl (C=O) groups is 2. The third-order valence-corrected chi connectivity index (χ3v) is 3.85. The molecule has 10 heteroatoms. The molecule has 0 fully saturated rings. The normalized spacial score (nSPS) is 11.1. The Morgan fingerprint density at radius 1 is 0.750 bits per heavy atom. The van der Waals surface area contributed by atoms with Crippen molar-refractivity contribution in [3.8, 4) is 11.5 Å². The molecule has 0 atom stereocenters. The third kappa shape index (κ3) is 7.48. The van der Waals surface area contributed by atoms with Crippen LogP contribution in [0.2, 0.25) is 0 Å². The van der Waals surface area contributed by atoms with Gasteiger partial charge in [-0.15, -0.1) is 0 Å². The van der Waals surface area contributed by atoms with E-state index in [9.17, 15) is 9.59 Å². The minimum absolute atomic E-state index is 0.218. The van der Waals surface area contributed by atoms with Crippen LogP contribution in [0.15, 0.2) is 67.6 Å². The molecule has 3 rings (SSSR count). The van der Waals surface area contributed by atoms with Crippen molar-refractivity contribution < 1.29 is 27.9 Å². The lowest BCUT2D eigenvalue weighted by Crippen LogP contribution is -2.25. The standard InChI is InChI=1S/C22H22N4O6/c1-15-3-5-19(31-15)11-23-25-21(27)13-29-17-7-9-18(10-8-17)30-14-22(28)26-24-12-20-6-4-16(2)32-20/h3-12H,13-14H2,1-2H3,(H,25,27)(H,26,28)/b23-11-,24-12-. The number of nitrogens with one attached hydrogen (secondary N) is 2. The fourth-order valence-corrected chi connectivity index (χ4v) is 2.38. The van der Waals surface area contributed by atoms with E-state index in [1.54, 1.807) is 48.5 Å². The van der Waals surface area contributed by atoms with Gasteiger partial charge in [-0.2, -0.15) is 10.2 Å². The van der Waals surface area contributed by atoms with Crippen LogP contribution in [-0.2, 0) is 9.59 Å². The van der Waals surface area contributed by atoms with Gasteiger partial charge in [0.2, 0.25) is 0 Å². The van der Waals surface area contributed by atoms with E-state index in [1.165, 1.54) is 12.4 Å². The van der Waals surface area contributed by atoms with Crippen molar-refractivity contribution in [2.45, 2.75) is 13.8 Å². The first-order chi connectivity index (χ1) is 15.5. The molecule has 2 aromatic heterocycles. The van der Waals surface area contributed by atoms with Gasteiger partial charge in [0.1, 0.15) is 34.5 Å². The molecule has 10 nitrogen and oxygen atoms in total. The van der Waals surface area contributed by atoms with E-state index in [1.807, 2.05) is 13.8 Å². The second-order valence-corrected chi connectivity index (χ2v) is 6.53. The Kier molecular flexibility index (Phi) is 7.79. The molecule has 2 amide bonds. The van der Waals surface area contributed by atoms with E-state index < -0.39 is 11.8 Å². The van der Waals surface area contributed by atoms with Crippen LogP contribution in [0.5, 0.6) is 11.5 Å². The largest absolute Gasteiger partial charge is 0.484 e. The fourth-order valence-electron chi connectivity index (χ4n) is 2.38. The number of amides is 2. The smallest absolute Gasteiger partial charge is 0.277 e. The molecule has 1 aromatic carbocycles. The molecule has 3 aromatic rings. The summed E-state index contributed by atoms with van der Waals surface area (Å²) in [5.74, 6) is 2.64. The van der Waals surface area contributed by atoms with Crippen LogP contribution < -0.4 is 20.3 Å². The number of carbonyl (C=O) groups excluding carboxylic acids is 2. The predicted octanol–water partition coefficient (Wildman–Crippen LogP) is 2.55. The second kappa shape index (κ2) is 11.2. The Balaban J connectivity index is 1.34. The first-order valence-electron chi connectivity index (χ1n) is 9.60. The lowest BCUT2D eigenvalue weighted by Gasteiger charge is -2.07. The van der Waals surface area contributed by atoms with E-state index in [4.69, 9.17) is 18.3 Å². The summed E-state index contributed by atoms with van der Waals surface area (Å²) in [6, 6.07) is 13.5. The summed E-state index contributed by atoms with van der Waals surface area (Å²) < 4.78 is 21.4. The maximum absolute atomic E-state index is 11.8. The molecule has 0 aliphatic heterocycles. The molecule has 0 aliphatic carbocycles. The number of hydrazone groups is 2. The van der Waals surface area contributed by atoms with Crippen molar-refractivity contribution in [3.63, 3.8) is 0 Å². The molecule has 2 heterocycles. The van der Waals surface area contributed by atoms with Gasteiger partial charge in [-0.3, -0.25) is 9.59 Å². The molecule has 0 aliphatic rings. The molecule has 0 saturated carbocycles. The Morgan fingerprint density at radius 3 is 1.50 bits per heavy atom. The van der Waals surface area contributed by atoms with E-state index >= 15 is 0 Å². The average Bonchev–Trinajstić information content (AvgIpc) is 3.39. The maximum Gasteiger partial charge on any atom is 0.277 e. The average molecular weight is 438 g/mol. The Morgan fingerprint density at radius 2 is 1.16 bits per heavy atom. The number of ether oxygens (including phenoxy) is 2. The highest BCUT2D eigenvalue weighted by Crippen LogP contribution is 2.17. The molecular weight excluding hydrogens is 416 g/mol. The summed E-state index contributed by atoms with van der Waals surface area (Å²) in [5, 5.41) is 7.58. The number of hydrogen-bond donors (Lipinski definition) is 2. The van der Waals surface area contributed by atoms with E-state index in [2.05, 4.69) is 21.1 Å². The van der Waals surface area contributed by atoms with Gasteiger partial charge in [-0.25, -0.2) is 10.9 Å². The lowest BCUT2D eigenvalue weighted by molar-refractivity contribution is -0.123. The predicted molar refractivity (Wildman–Crippen MR) is 116 cm³/mol. The molecule has 166 valence electrons. The monoisotopic (exact) mass is 438 g/mol. The first-order valence-corrected chi connectivity index (χ1v) is 9.60. The van der Waals surface area contributed by atoms with Crippen molar-refractivity contribution in [1.82, 2.24) is 10.9 Å². The van der Waals surface area contributed by atoms with Gasteiger partial charge in [-0.1, -0.05) is 0 Å². The van der Waals surface area contributed by atoms with Crippen molar-refractivity contribution in [2.24, 2.45) is 10.2 Å². The summed E-state index contributed by atoms with van der Waals surface area (Å²) in [7, 11) is 0. The second-order valence-electron chi connectivity index (χ2n) is 6.53. The summed E-state index contributed by atoms with van der Waals surface area (Å²) in [4.78, 5) is 23.5. The Bertz CT molecular complexity index is 1010. The summed E-state index contributed by atoms with van der Waals surface area (Å²) in [6.07, 6.45) is 2.80. The van der Waals surface area contributed by atoms with Gasteiger partial charge in [0, 0.05) is 0 Å². The van der Waals surface area contributed by atoms with Gasteiger partial charge in [0.15, 0.2) is 13.2 Å². The van der Waals surface area contributed by atoms with Gasteiger partial charge in [-0.05, 0) is 62.4 Å². The molecule has 0 saturated heterocycles. The van der Waals surface area contributed by atoms with Crippen molar-refractivity contribution in [3.05, 3.63) is 71.6 Å². The fraction of sp³-hybridized carbons (Fsp3) is 0.182. The van der Waals surface area contributed by atoms with E-state index in [0.717, 1.165) is 11.5 Å². The topological polar surface area (TPSA) is 128 Å². The molecule has 0 bridgehead atoms. The Labute approximate surface area is 183 Å². The lowest BCUT2D eigenvalue weighted by atomic mass is 10.3. The molecular formula is C22H22N4O6. The van der Waals surface area contributed by atoms with Crippen LogP contribution in [-0.4, -0.2) is 37.5 Å². The van der Waals surface area contributed by atoms with Crippen LogP contribution >= 0.6 is 0 Å². The molecule has 0 unspecified atom stereocenters. The molecule has 0 spiro atoms. The zero-order chi connectivity index (χ0) is 22.8. The highest BCUT2D eigenvalue weighted by molar-refractivity contribution is 5.81. The van der Waals surface area contributed by atoms with E-state index in [0.29, 0.717) is 23.0 Å². The molecule has 2 N–H and O–H groups in total. The zero-order valence-electron chi connectivity index (χ0n) is 17.5. The number of nitrogens with zero attached hydrogens (tertiary/aromatic N) is 2. The summed E-state index contributed by atoms with van der Waals surface area (Å²) >= 11 is 0. The van der Waals surface area contributed by atoms with Gasteiger partial charge in [0.05, 0.1) is 12.4 Å². The van der Waals surface area contributed by atoms with E-state index in [-0.39, 0.29) is 13.2 Å². The number of benzene rings is 1. The SMILES string of the molecule is Cc1ccc(/C=N\NC(=O)COc2ccc(OCC(=O)N/N=C\c3ccc(C)o3)cc2)o1. The van der Waals surface area contributed by atoms with Crippen molar-refractivity contribution in [1.29, 1.82) is 0 Å². The number of furan rings is 2. The quantitative estimate of drug-likeness (QED) is 0.370. The minimum atomic E-state index is -0.424. The number of aryl methyl sites for hydroxylation is 2. The van der Waals surface area contributed by atoms with Crippen LogP contribution in [0.1, 0.15) is 23.0 Å².